The normalized spacial score (nSPS) is 11.4. The van der Waals surface area contributed by atoms with E-state index in [0.29, 0.717) is 5.69 Å². The van der Waals surface area contributed by atoms with Crippen molar-refractivity contribution < 1.29 is 13.0 Å². The molecule has 0 aliphatic rings. The molecule has 1 aromatic carbocycles. The number of aryl methyl sites for hydroxylation is 1. The van der Waals surface area contributed by atoms with Crippen LogP contribution in [0.1, 0.15) is 5.69 Å². The lowest BCUT2D eigenvalue weighted by molar-refractivity contribution is 0.305. The summed E-state index contributed by atoms with van der Waals surface area (Å²) in [5, 5.41) is 7.12. The van der Waals surface area contributed by atoms with Gasteiger partial charge in [-0.25, -0.2) is 17.4 Å². The Hall–Kier alpha value is -1.89. The lowest BCUT2D eigenvalue weighted by Crippen LogP contribution is -2.27. The van der Waals surface area contributed by atoms with Gasteiger partial charge in [-0.05, 0) is 24.2 Å². The van der Waals surface area contributed by atoms with Gasteiger partial charge in [-0.1, -0.05) is 23.4 Å². The molecule has 0 aliphatic heterocycles. The number of aromatic nitrogens is 2. The summed E-state index contributed by atoms with van der Waals surface area (Å²) in [4.78, 5) is 0.199. The number of nitrogens with zero attached hydrogens (tertiary/aromatic N) is 3. The second-order valence-electron chi connectivity index (χ2n) is 3.46. The van der Waals surface area contributed by atoms with E-state index >= 15 is 0 Å². The third kappa shape index (κ3) is 2.01. The Morgan fingerprint density at radius 1 is 1.18 bits per heavy atom. The first-order chi connectivity index (χ1) is 8.03. The molecule has 0 radical (unpaired) electrons. The smallest absolute Gasteiger partial charge is 0.248 e. The summed E-state index contributed by atoms with van der Waals surface area (Å²) in [7, 11) is -2.20. The van der Waals surface area contributed by atoms with Gasteiger partial charge in [0.05, 0.1) is 4.90 Å². The molecule has 6 nitrogen and oxygen atoms in total. The summed E-state index contributed by atoms with van der Waals surface area (Å²) < 4.78 is 29.9. The molecule has 2 aromatic rings. The molecule has 0 saturated heterocycles. The molecular weight excluding hydrogens is 242 g/mol. The van der Waals surface area contributed by atoms with Crippen LogP contribution in [0.5, 0.6) is 0 Å². The highest BCUT2D eigenvalue weighted by Crippen LogP contribution is 2.21. The molecule has 0 fully saturated rings. The Kier molecular flexibility index (Phi) is 2.84. The molecule has 17 heavy (non-hydrogen) atoms. The topological polar surface area (TPSA) is 76.3 Å². The number of benzene rings is 1. The zero-order chi connectivity index (χ0) is 12.5. The highest BCUT2D eigenvalue weighted by atomic mass is 32.2. The van der Waals surface area contributed by atoms with Gasteiger partial charge in [-0.3, -0.25) is 0 Å². The summed E-state index contributed by atoms with van der Waals surface area (Å²) in [5.74, 6) is 0.189. The van der Waals surface area contributed by atoms with Gasteiger partial charge in [0.2, 0.25) is 5.82 Å². The third-order valence-electron chi connectivity index (χ3n) is 2.33. The SMILES string of the molecule is Cc1nonc1N(C)S(=O)(=O)c1ccccc1. The molecule has 1 heterocycles. The first kappa shape index (κ1) is 11.6. The van der Waals surface area contributed by atoms with Crippen molar-refractivity contribution in [3.8, 4) is 0 Å². The number of hydrogen-bond acceptors (Lipinski definition) is 5. The molecule has 7 heteroatoms. The first-order valence-electron chi connectivity index (χ1n) is 4.86. The number of hydrogen-bond donors (Lipinski definition) is 0. The molecule has 0 unspecified atom stereocenters. The van der Waals surface area contributed by atoms with Crippen molar-refractivity contribution in [2.75, 3.05) is 11.4 Å². The van der Waals surface area contributed by atoms with Crippen LogP contribution in [0.25, 0.3) is 0 Å². The lowest BCUT2D eigenvalue weighted by Gasteiger charge is -2.16. The van der Waals surface area contributed by atoms with E-state index in [1.54, 1.807) is 25.1 Å². The summed E-state index contributed by atoms with van der Waals surface area (Å²) in [5.41, 5.74) is 0.423. The van der Waals surface area contributed by atoms with E-state index in [2.05, 4.69) is 14.9 Å². The van der Waals surface area contributed by atoms with E-state index in [4.69, 9.17) is 0 Å². The fourth-order valence-electron chi connectivity index (χ4n) is 1.38. The van der Waals surface area contributed by atoms with Gasteiger partial charge in [0.25, 0.3) is 10.0 Å². The van der Waals surface area contributed by atoms with Gasteiger partial charge < -0.3 is 0 Å². The van der Waals surface area contributed by atoms with Crippen molar-refractivity contribution in [3.63, 3.8) is 0 Å². The van der Waals surface area contributed by atoms with Crippen LogP contribution in [0, 0.1) is 6.92 Å². The Balaban J connectivity index is 2.45. The molecule has 0 N–H and O–H groups in total. The Bertz CT molecular complexity index is 607. The van der Waals surface area contributed by atoms with Gasteiger partial charge >= 0.3 is 0 Å². The van der Waals surface area contributed by atoms with E-state index in [9.17, 15) is 8.42 Å². The number of sulfonamides is 1. The monoisotopic (exact) mass is 253 g/mol. The summed E-state index contributed by atoms with van der Waals surface area (Å²) >= 11 is 0. The molecule has 0 spiro atoms. The minimum atomic E-state index is -3.61. The Labute approximate surface area is 98.9 Å². The average molecular weight is 253 g/mol. The quantitative estimate of drug-likeness (QED) is 0.821. The third-order valence-corrected chi connectivity index (χ3v) is 4.09. The van der Waals surface area contributed by atoms with E-state index in [1.807, 2.05) is 0 Å². The molecule has 1 aromatic heterocycles. The van der Waals surface area contributed by atoms with E-state index in [-0.39, 0.29) is 10.7 Å². The van der Waals surface area contributed by atoms with Crippen LogP contribution in [-0.2, 0) is 10.0 Å². The zero-order valence-electron chi connectivity index (χ0n) is 9.36. The molecular formula is C10H11N3O3S. The van der Waals surface area contributed by atoms with E-state index in [1.165, 1.54) is 19.2 Å². The van der Waals surface area contributed by atoms with Crippen LogP contribution in [0.3, 0.4) is 0 Å². The molecule has 0 saturated carbocycles. The van der Waals surface area contributed by atoms with Crippen molar-refractivity contribution >= 4 is 15.8 Å². The van der Waals surface area contributed by atoms with Crippen molar-refractivity contribution in [2.24, 2.45) is 0 Å². The predicted molar refractivity (Wildman–Crippen MR) is 61.1 cm³/mol. The minimum Gasteiger partial charge on any atom is -0.248 e. The number of anilines is 1. The standard InChI is InChI=1S/C10H11N3O3S/c1-8-10(12-16-11-8)13(2)17(14,15)9-6-4-3-5-7-9/h3-7H,1-2H3. The summed E-state index contributed by atoms with van der Waals surface area (Å²) in [6, 6.07) is 8.12. The van der Waals surface area contributed by atoms with Crippen LogP contribution in [0.2, 0.25) is 0 Å². The van der Waals surface area contributed by atoms with Crippen molar-refractivity contribution in [3.05, 3.63) is 36.0 Å². The molecule has 2 rings (SSSR count). The zero-order valence-corrected chi connectivity index (χ0v) is 10.2. The number of rotatable bonds is 3. The molecule has 0 bridgehead atoms. The molecule has 0 amide bonds. The second kappa shape index (κ2) is 4.17. The minimum absolute atomic E-state index is 0.189. The molecule has 0 aliphatic carbocycles. The van der Waals surface area contributed by atoms with Gasteiger partial charge in [0.15, 0.2) is 0 Å². The van der Waals surface area contributed by atoms with Gasteiger partial charge in [0.1, 0.15) is 5.69 Å². The Morgan fingerprint density at radius 3 is 2.35 bits per heavy atom. The average Bonchev–Trinajstić information content (AvgIpc) is 2.75. The maximum Gasteiger partial charge on any atom is 0.265 e. The molecule has 0 atom stereocenters. The van der Waals surface area contributed by atoms with Crippen molar-refractivity contribution in [1.29, 1.82) is 0 Å². The van der Waals surface area contributed by atoms with Gasteiger partial charge in [-0.2, -0.15) is 0 Å². The highest BCUT2D eigenvalue weighted by molar-refractivity contribution is 7.92. The van der Waals surface area contributed by atoms with Crippen molar-refractivity contribution in [2.45, 2.75) is 11.8 Å². The Morgan fingerprint density at radius 2 is 1.82 bits per heavy atom. The summed E-state index contributed by atoms with van der Waals surface area (Å²) in [6.45, 7) is 1.63. The lowest BCUT2D eigenvalue weighted by atomic mass is 10.4. The highest BCUT2D eigenvalue weighted by Gasteiger charge is 2.25. The van der Waals surface area contributed by atoms with Crippen molar-refractivity contribution in [1.82, 2.24) is 10.3 Å². The molecule has 90 valence electrons. The fourth-order valence-corrected chi connectivity index (χ4v) is 2.59. The van der Waals surface area contributed by atoms with Crippen LogP contribution < -0.4 is 4.31 Å². The predicted octanol–water partition coefficient (Wildman–Crippen LogP) is 1.20. The van der Waals surface area contributed by atoms with Gasteiger partial charge in [0, 0.05) is 7.05 Å². The van der Waals surface area contributed by atoms with Gasteiger partial charge in [-0.15, -0.1) is 0 Å². The van der Waals surface area contributed by atoms with E-state index in [0.717, 1.165) is 4.31 Å². The van der Waals surface area contributed by atoms with Crippen LogP contribution >= 0.6 is 0 Å². The largest absolute Gasteiger partial charge is 0.265 e. The summed E-state index contributed by atoms with van der Waals surface area (Å²) in [6.07, 6.45) is 0. The van der Waals surface area contributed by atoms with Crippen LogP contribution in [-0.4, -0.2) is 25.8 Å². The first-order valence-corrected chi connectivity index (χ1v) is 6.30. The van der Waals surface area contributed by atoms with Crippen LogP contribution in [0.4, 0.5) is 5.82 Å². The fraction of sp³-hybridized carbons (Fsp3) is 0.200. The van der Waals surface area contributed by atoms with E-state index < -0.39 is 10.0 Å². The van der Waals surface area contributed by atoms with Crippen LogP contribution in [0.15, 0.2) is 39.9 Å². The maximum atomic E-state index is 12.2. The second-order valence-corrected chi connectivity index (χ2v) is 5.43. The maximum absolute atomic E-state index is 12.2.